The number of carbonyl (C=O) groups is 2. The van der Waals surface area contributed by atoms with Gasteiger partial charge in [0.05, 0.1) is 12.2 Å². The van der Waals surface area contributed by atoms with E-state index in [1.165, 1.54) is 6.20 Å². The molecule has 0 aliphatic heterocycles. The topological polar surface area (TPSA) is 73.7 Å². The molecule has 0 aliphatic carbocycles. The van der Waals surface area contributed by atoms with Gasteiger partial charge in [-0.25, -0.2) is 4.79 Å². The first kappa shape index (κ1) is 15.9. The molecule has 0 fully saturated rings. The second kappa shape index (κ2) is 6.88. The zero-order chi connectivity index (χ0) is 15.3. The predicted octanol–water partition coefficient (Wildman–Crippen LogP) is 1.39. The van der Waals surface area contributed by atoms with E-state index in [9.17, 15) is 14.7 Å². The molecular weight excluding hydrogens is 258 g/mol. The quantitative estimate of drug-likeness (QED) is 0.852. The molecule has 110 valence electrons. The number of carboxylic acid groups (broad SMARTS) is 1. The number of rotatable bonds is 6. The van der Waals surface area contributed by atoms with E-state index in [0.717, 1.165) is 0 Å². The number of nitrogens with zero attached hydrogens (tertiary/aromatic N) is 3. The van der Waals surface area contributed by atoms with Crippen LogP contribution in [0.15, 0.2) is 12.3 Å². The summed E-state index contributed by atoms with van der Waals surface area (Å²) in [5.41, 5.74) is 1.32. The Kier molecular flexibility index (Phi) is 5.49. The minimum Gasteiger partial charge on any atom is -0.478 e. The van der Waals surface area contributed by atoms with E-state index in [-0.39, 0.29) is 18.0 Å². The van der Waals surface area contributed by atoms with Gasteiger partial charge in [0.1, 0.15) is 5.56 Å². The molecule has 1 aromatic rings. The number of carboxylic acids is 1. The summed E-state index contributed by atoms with van der Waals surface area (Å²) >= 11 is 0. The fourth-order valence-electron chi connectivity index (χ4n) is 1.99. The average molecular weight is 279 g/mol. The monoisotopic (exact) mass is 279 g/mol. The number of aryl methyl sites for hydroxylation is 1. The largest absolute Gasteiger partial charge is 0.478 e. The van der Waals surface area contributed by atoms with Gasteiger partial charge in [-0.05, 0) is 26.8 Å². The van der Waals surface area contributed by atoms with Crippen LogP contribution in [0.5, 0.6) is 0 Å². The molecule has 0 aromatic carbocycles. The van der Waals surface area contributed by atoms with Crippen LogP contribution >= 0.6 is 0 Å². The van der Waals surface area contributed by atoms with E-state index in [1.54, 1.807) is 29.8 Å². The van der Waals surface area contributed by atoms with Crippen LogP contribution in [0.25, 0.3) is 0 Å². The lowest BCUT2D eigenvalue weighted by Crippen LogP contribution is -2.39. The Balaban J connectivity index is 2.97. The number of carbonyl (C=O) groups excluding carboxylic acids is 1. The lowest BCUT2D eigenvalue weighted by atomic mass is 10.2. The van der Waals surface area contributed by atoms with Gasteiger partial charge in [0.15, 0.2) is 0 Å². The van der Waals surface area contributed by atoms with E-state index in [0.29, 0.717) is 24.5 Å². The van der Waals surface area contributed by atoms with Crippen molar-refractivity contribution in [3.63, 3.8) is 0 Å². The molecule has 0 saturated carbocycles. The average Bonchev–Trinajstić information content (AvgIpc) is 2.39. The molecule has 0 unspecified atom stereocenters. The summed E-state index contributed by atoms with van der Waals surface area (Å²) < 4.78 is 0. The van der Waals surface area contributed by atoms with Gasteiger partial charge >= 0.3 is 5.97 Å². The van der Waals surface area contributed by atoms with E-state index in [4.69, 9.17) is 0 Å². The maximum absolute atomic E-state index is 12.1. The maximum Gasteiger partial charge on any atom is 0.339 e. The number of aromatic carboxylic acids is 1. The fourth-order valence-corrected chi connectivity index (χ4v) is 1.99. The van der Waals surface area contributed by atoms with Crippen LogP contribution in [0.2, 0.25) is 0 Å². The second-order valence-corrected chi connectivity index (χ2v) is 4.57. The van der Waals surface area contributed by atoms with Crippen LogP contribution < -0.4 is 4.90 Å². The zero-order valence-corrected chi connectivity index (χ0v) is 12.4. The first-order valence-corrected chi connectivity index (χ1v) is 6.59. The summed E-state index contributed by atoms with van der Waals surface area (Å²) in [5, 5.41) is 9.18. The van der Waals surface area contributed by atoms with E-state index in [1.807, 2.05) is 13.8 Å². The minimum absolute atomic E-state index is 0.0247. The summed E-state index contributed by atoms with van der Waals surface area (Å²) in [7, 11) is 1.71. The molecule has 0 radical (unpaired) electrons. The van der Waals surface area contributed by atoms with Crippen molar-refractivity contribution in [3.8, 4) is 0 Å². The number of hydrogen-bond donors (Lipinski definition) is 1. The molecular formula is C14H21N3O3. The fraction of sp³-hybridized carbons (Fsp3) is 0.500. The Labute approximate surface area is 119 Å². The molecule has 1 heterocycles. The van der Waals surface area contributed by atoms with Crippen LogP contribution in [0, 0.1) is 6.92 Å². The van der Waals surface area contributed by atoms with Crippen molar-refractivity contribution in [2.75, 3.05) is 31.6 Å². The molecule has 0 aliphatic rings. The molecule has 6 nitrogen and oxygen atoms in total. The van der Waals surface area contributed by atoms with Gasteiger partial charge in [0.25, 0.3) is 0 Å². The van der Waals surface area contributed by atoms with Crippen LogP contribution in [0.4, 0.5) is 5.69 Å². The van der Waals surface area contributed by atoms with Gasteiger partial charge in [-0.1, -0.05) is 0 Å². The van der Waals surface area contributed by atoms with Crippen molar-refractivity contribution in [1.29, 1.82) is 0 Å². The van der Waals surface area contributed by atoms with Crippen molar-refractivity contribution in [2.45, 2.75) is 20.8 Å². The number of hydrogen-bond acceptors (Lipinski definition) is 4. The van der Waals surface area contributed by atoms with E-state index in [2.05, 4.69) is 4.98 Å². The third-order valence-electron chi connectivity index (χ3n) is 3.15. The van der Waals surface area contributed by atoms with Gasteiger partial charge in [0, 0.05) is 32.0 Å². The molecule has 20 heavy (non-hydrogen) atoms. The summed E-state index contributed by atoms with van der Waals surface area (Å²) in [6, 6.07) is 1.68. The SMILES string of the molecule is CCN(CC)C(=O)CN(C)c1cc(C)ncc1C(=O)O. The molecule has 1 N–H and O–H groups in total. The molecule has 0 saturated heterocycles. The Morgan fingerprint density at radius 3 is 2.40 bits per heavy atom. The van der Waals surface area contributed by atoms with Crippen molar-refractivity contribution in [1.82, 2.24) is 9.88 Å². The molecule has 0 bridgehead atoms. The Morgan fingerprint density at radius 2 is 1.90 bits per heavy atom. The Morgan fingerprint density at radius 1 is 1.30 bits per heavy atom. The number of amides is 1. The normalized spacial score (nSPS) is 10.2. The van der Waals surface area contributed by atoms with Crippen molar-refractivity contribution in [2.24, 2.45) is 0 Å². The summed E-state index contributed by atoms with van der Waals surface area (Å²) in [6.45, 7) is 7.05. The van der Waals surface area contributed by atoms with Crippen molar-refractivity contribution in [3.05, 3.63) is 23.5 Å². The maximum atomic E-state index is 12.1. The highest BCUT2D eigenvalue weighted by molar-refractivity contribution is 5.95. The van der Waals surface area contributed by atoms with Crippen LogP contribution in [0.3, 0.4) is 0 Å². The lowest BCUT2D eigenvalue weighted by molar-refractivity contribution is -0.129. The molecule has 1 amide bonds. The zero-order valence-electron chi connectivity index (χ0n) is 12.4. The van der Waals surface area contributed by atoms with Gasteiger partial charge in [-0.15, -0.1) is 0 Å². The smallest absolute Gasteiger partial charge is 0.339 e. The van der Waals surface area contributed by atoms with Gasteiger partial charge in [-0.3, -0.25) is 9.78 Å². The minimum atomic E-state index is -1.05. The van der Waals surface area contributed by atoms with E-state index < -0.39 is 5.97 Å². The first-order chi connectivity index (χ1) is 9.40. The standard InChI is InChI=1S/C14H21N3O3/c1-5-17(6-2)13(18)9-16(4)12-7-10(3)15-8-11(12)14(19)20/h7-8H,5-6,9H2,1-4H3,(H,19,20). The van der Waals surface area contributed by atoms with Gasteiger partial charge in [-0.2, -0.15) is 0 Å². The Hall–Kier alpha value is -2.11. The number of pyridine rings is 1. The third-order valence-corrected chi connectivity index (χ3v) is 3.15. The molecule has 6 heteroatoms. The number of aromatic nitrogens is 1. The third kappa shape index (κ3) is 3.69. The lowest BCUT2D eigenvalue weighted by Gasteiger charge is -2.25. The molecule has 0 atom stereocenters. The highest BCUT2D eigenvalue weighted by Crippen LogP contribution is 2.19. The Bertz CT molecular complexity index is 498. The number of likely N-dealkylation sites (N-methyl/N-ethyl adjacent to an activating group) is 2. The highest BCUT2D eigenvalue weighted by atomic mass is 16.4. The summed E-state index contributed by atoms with van der Waals surface area (Å²) in [5.74, 6) is -1.07. The summed E-state index contributed by atoms with van der Waals surface area (Å²) in [6.07, 6.45) is 1.32. The van der Waals surface area contributed by atoms with Gasteiger partial charge < -0.3 is 14.9 Å². The predicted molar refractivity (Wildman–Crippen MR) is 77.1 cm³/mol. The second-order valence-electron chi connectivity index (χ2n) is 4.57. The molecule has 1 aromatic heterocycles. The summed E-state index contributed by atoms with van der Waals surface area (Å²) in [4.78, 5) is 30.6. The van der Waals surface area contributed by atoms with Crippen molar-refractivity contribution < 1.29 is 14.7 Å². The number of anilines is 1. The van der Waals surface area contributed by atoms with Crippen LogP contribution in [0.1, 0.15) is 29.9 Å². The van der Waals surface area contributed by atoms with Gasteiger partial charge in [0.2, 0.25) is 5.91 Å². The van der Waals surface area contributed by atoms with E-state index >= 15 is 0 Å². The molecule has 1 rings (SSSR count). The van der Waals surface area contributed by atoms with Crippen LogP contribution in [-0.2, 0) is 4.79 Å². The van der Waals surface area contributed by atoms with Crippen LogP contribution in [-0.4, -0.2) is 53.5 Å². The van der Waals surface area contributed by atoms with Crippen molar-refractivity contribution >= 4 is 17.6 Å². The molecule has 0 spiro atoms. The first-order valence-electron chi connectivity index (χ1n) is 6.59. The highest BCUT2D eigenvalue weighted by Gasteiger charge is 2.18.